The van der Waals surface area contributed by atoms with Crippen LogP contribution in [0.2, 0.25) is 5.02 Å². The second-order valence-corrected chi connectivity index (χ2v) is 9.10. The number of carbonyl (C=O) groups is 2. The number of nitrogens with one attached hydrogen (secondary N) is 1. The minimum absolute atomic E-state index is 0.0163. The second kappa shape index (κ2) is 8.66. The molecule has 0 fully saturated rings. The number of hydrogen-bond donors (Lipinski definition) is 2. The van der Waals surface area contributed by atoms with Gasteiger partial charge in [-0.1, -0.05) is 11.6 Å². The molecule has 0 bridgehead atoms. The summed E-state index contributed by atoms with van der Waals surface area (Å²) in [5.74, 6) is -4.22. The molecule has 2 amide bonds. The largest absolute Gasteiger partial charge is 0.416 e. The third-order valence-electron chi connectivity index (χ3n) is 6.45. The van der Waals surface area contributed by atoms with Crippen LogP contribution in [0.25, 0.3) is 22.0 Å². The number of fused-ring (bicyclic) bond motifs is 3. The van der Waals surface area contributed by atoms with Crippen LogP contribution in [0.15, 0.2) is 53.3 Å². The summed E-state index contributed by atoms with van der Waals surface area (Å²) in [6.45, 7) is 0. The van der Waals surface area contributed by atoms with E-state index in [2.05, 4.69) is 5.32 Å². The predicted molar refractivity (Wildman–Crippen MR) is 129 cm³/mol. The van der Waals surface area contributed by atoms with E-state index in [1.54, 1.807) is 0 Å². The number of rotatable bonds is 3. The maximum absolute atomic E-state index is 15.5. The lowest BCUT2D eigenvalue weighted by Crippen LogP contribution is -2.21. The first-order chi connectivity index (χ1) is 17.8. The molecule has 3 aromatic carbocycles. The molecule has 38 heavy (non-hydrogen) atoms. The van der Waals surface area contributed by atoms with Gasteiger partial charge in [0.25, 0.3) is 11.5 Å². The van der Waals surface area contributed by atoms with E-state index in [0.29, 0.717) is 6.07 Å². The van der Waals surface area contributed by atoms with E-state index < -0.39 is 57.9 Å². The van der Waals surface area contributed by atoms with Crippen LogP contribution in [-0.2, 0) is 13.2 Å². The lowest BCUT2D eigenvalue weighted by molar-refractivity contribution is -0.137. The average molecular weight is 548 g/mol. The van der Waals surface area contributed by atoms with Crippen LogP contribution in [-0.4, -0.2) is 16.4 Å². The molecule has 5 rings (SSSR count). The van der Waals surface area contributed by atoms with Crippen LogP contribution in [0.1, 0.15) is 43.4 Å². The summed E-state index contributed by atoms with van der Waals surface area (Å²) in [4.78, 5) is 38.0. The molecule has 0 radical (unpaired) electrons. The molecule has 6 nitrogen and oxygen atoms in total. The Labute approximate surface area is 215 Å². The minimum Gasteiger partial charge on any atom is -0.366 e. The SMILES string of the molecule is Cn1c(=O)ccc2cc(-c3c(F)cc(C(F)(F)F)cc3C(N)=O)c3c(c21)C(=O)NC3c1cc(F)ccc1Cl. The van der Waals surface area contributed by atoms with Gasteiger partial charge >= 0.3 is 6.18 Å². The maximum Gasteiger partial charge on any atom is 0.416 e. The van der Waals surface area contributed by atoms with E-state index in [-0.39, 0.29) is 44.2 Å². The first kappa shape index (κ1) is 25.4. The van der Waals surface area contributed by atoms with Gasteiger partial charge in [-0.2, -0.15) is 13.2 Å². The third-order valence-corrected chi connectivity index (χ3v) is 6.80. The number of nitrogens with zero attached hydrogens (tertiary/aromatic N) is 1. The number of hydrogen-bond acceptors (Lipinski definition) is 3. The zero-order valence-corrected chi connectivity index (χ0v) is 20.0. The van der Waals surface area contributed by atoms with Gasteiger partial charge in [0.1, 0.15) is 11.6 Å². The molecule has 12 heteroatoms. The highest BCUT2D eigenvalue weighted by Gasteiger charge is 2.39. The Hall–Kier alpha value is -4.25. The molecular formula is C26H15ClF5N3O3. The fourth-order valence-electron chi connectivity index (χ4n) is 4.80. The quantitative estimate of drug-likeness (QED) is 0.350. The number of pyridine rings is 1. The first-order valence-electron chi connectivity index (χ1n) is 10.9. The summed E-state index contributed by atoms with van der Waals surface area (Å²) in [6.07, 6.45) is -4.98. The van der Waals surface area contributed by atoms with Crippen molar-refractivity contribution in [3.05, 3.63) is 103 Å². The zero-order valence-electron chi connectivity index (χ0n) is 19.2. The van der Waals surface area contributed by atoms with E-state index in [1.807, 2.05) is 0 Å². The number of amides is 2. The summed E-state index contributed by atoms with van der Waals surface area (Å²) >= 11 is 6.30. The molecule has 1 aromatic heterocycles. The number of carbonyl (C=O) groups excluding carboxylic acids is 2. The Morgan fingerprint density at radius 1 is 1.03 bits per heavy atom. The third kappa shape index (κ3) is 3.90. The number of nitrogens with two attached hydrogens (primary N) is 1. The van der Waals surface area contributed by atoms with E-state index >= 15 is 4.39 Å². The van der Waals surface area contributed by atoms with Gasteiger partial charge in [-0.3, -0.25) is 14.4 Å². The number of halogens is 6. The van der Waals surface area contributed by atoms with Crippen molar-refractivity contribution in [3.8, 4) is 11.1 Å². The molecule has 4 aromatic rings. The van der Waals surface area contributed by atoms with Crippen molar-refractivity contribution < 1.29 is 31.5 Å². The van der Waals surface area contributed by atoms with Crippen molar-refractivity contribution in [1.29, 1.82) is 0 Å². The van der Waals surface area contributed by atoms with Crippen LogP contribution in [0.4, 0.5) is 22.0 Å². The Morgan fingerprint density at radius 3 is 2.39 bits per heavy atom. The van der Waals surface area contributed by atoms with Crippen LogP contribution < -0.4 is 16.6 Å². The lowest BCUT2D eigenvalue weighted by Gasteiger charge is -2.21. The minimum atomic E-state index is -4.98. The maximum atomic E-state index is 15.5. The van der Waals surface area contributed by atoms with Crippen molar-refractivity contribution in [2.45, 2.75) is 12.2 Å². The molecule has 1 unspecified atom stereocenters. The monoisotopic (exact) mass is 547 g/mol. The molecule has 0 spiro atoms. The van der Waals surface area contributed by atoms with Crippen molar-refractivity contribution in [2.75, 3.05) is 0 Å². The molecule has 3 N–H and O–H groups in total. The van der Waals surface area contributed by atoms with Crippen molar-refractivity contribution in [1.82, 2.24) is 9.88 Å². The van der Waals surface area contributed by atoms with Gasteiger partial charge in [-0.15, -0.1) is 0 Å². The Bertz CT molecular complexity index is 1760. The highest BCUT2D eigenvalue weighted by molar-refractivity contribution is 6.31. The Morgan fingerprint density at radius 2 is 1.74 bits per heavy atom. The van der Waals surface area contributed by atoms with Crippen LogP contribution in [0.3, 0.4) is 0 Å². The van der Waals surface area contributed by atoms with E-state index in [0.717, 1.165) is 12.1 Å². The van der Waals surface area contributed by atoms with Crippen LogP contribution in [0.5, 0.6) is 0 Å². The molecule has 0 saturated heterocycles. The van der Waals surface area contributed by atoms with Crippen molar-refractivity contribution >= 4 is 34.3 Å². The summed E-state index contributed by atoms with van der Waals surface area (Å²) < 4.78 is 71.1. The molecular weight excluding hydrogens is 533 g/mol. The number of alkyl halides is 3. The molecule has 1 aliphatic rings. The number of aromatic nitrogens is 1. The van der Waals surface area contributed by atoms with Gasteiger partial charge in [0.15, 0.2) is 0 Å². The van der Waals surface area contributed by atoms with Gasteiger partial charge in [-0.25, -0.2) is 8.78 Å². The number of benzene rings is 3. The summed E-state index contributed by atoms with van der Waals surface area (Å²) in [5, 5.41) is 2.91. The normalized spacial score (nSPS) is 15.0. The highest BCUT2D eigenvalue weighted by atomic mass is 35.5. The van der Waals surface area contributed by atoms with E-state index in [9.17, 15) is 31.9 Å². The zero-order chi connectivity index (χ0) is 27.7. The van der Waals surface area contributed by atoms with Crippen LogP contribution >= 0.6 is 11.6 Å². The Balaban J connectivity index is 1.97. The highest BCUT2D eigenvalue weighted by Crippen LogP contribution is 2.46. The lowest BCUT2D eigenvalue weighted by atomic mass is 9.85. The fourth-order valence-corrected chi connectivity index (χ4v) is 5.03. The van der Waals surface area contributed by atoms with E-state index in [4.69, 9.17) is 17.3 Å². The number of aryl methyl sites for hydroxylation is 1. The van der Waals surface area contributed by atoms with Gasteiger partial charge in [-0.05, 0) is 53.4 Å². The van der Waals surface area contributed by atoms with Gasteiger partial charge in [0, 0.05) is 34.8 Å². The summed E-state index contributed by atoms with van der Waals surface area (Å²) in [6, 6.07) is 6.64. The molecule has 2 heterocycles. The topological polar surface area (TPSA) is 94.2 Å². The molecule has 0 saturated carbocycles. The predicted octanol–water partition coefficient (Wildman–Crippen LogP) is 5.09. The van der Waals surface area contributed by atoms with Gasteiger partial charge in [0.05, 0.1) is 28.2 Å². The van der Waals surface area contributed by atoms with Crippen molar-refractivity contribution in [2.24, 2.45) is 12.8 Å². The molecule has 1 aliphatic heterocycles. The summed E-state index contributed by atoms with van der Waals surface area (Å²) in [5.41, 5.74) is 2.00. The van der Waals surface area contributed by atoms with E-state index in [1.165, 1.54) is 35.9 Å². The number of primary amides is 1. The summed E-state index contributed by atoms with van der Waals surface area (Å²) in [7, 11) is 1.40. The first-order valence-corrected chi connectivity index (χ1v) is 11.3. The van der Waals surface area contributed by atoms with Gasteiger partial charge in [0.2, 0.25) is 5.91 Å². The molecule has 0 aliphatic carbocycles. The van der Waals surface area contributed by atoms with Crippen molar-refractivity contribution in [3.63, 3.8) is 0 Å². The second-order valence-electron chi connectivity index (χ2n) is 8.70. The average Bonchev–Trinajstić information content (AvgIpc) is 3.18. The smallest absolute Gasteiger partial charge is 0.366 e. The fraction of sp³-hybridized carbons (Fsp3) is 0.115. The molecule has 194 valence electrons. The van der Waals surface area contributed by atoms with Crippen LogP contribution in [0, 0.1) is 11.6 Å². The van der Waals surface area contributed by atoms with Gasteiger partial charge < -0.3 is 15.6 Å². The Kier molecular flexibility index (Phi) is 5.79. The standard InChI is InChI=1S/C26H15ClF5N3O3/c1-35-18(36)5-2-10-6-14(19-15(24(33)37)7-11(8-17(19)29)26(30,31)32)20-21(23(10)35)25(38)34-22(20)13-9-12(28)3-4-16(13)27/h2-9,22H,1H3,(H2,33,37)(H,34,38). The molecule has 1 atom stereocenters.